The molecule has 0 unspecified atom stereocenters. The molecule has 0 radical (unpaired) electrons. The van der Waals surface area contributed by atoms with E-state index in [1.807, 2.05) is 31.3 Å². The van der Waals surface area contributed by atoms with E-state index in [1.54, 1.807) is 7.11 Å². The molecule has 0 aromatic carbocycles. The van der Waals surface area contributed by atoms with Gasteiger partial charge in [-0.2, -0.15) is 0 Å². The van der Waals surface area contributed by atoms with Gasteiger partial charge < -0.3 is 19.1 Å². The number of aromatic nitrogens is 1. The van der Waals surface area contributed by atoms with E-state index in [9.17, 15) is 4.79 Å². The Morgan fingerprint density at radius 2 is 2.00 bits per heavy atom. The standard InChI is InChI=1S/C22H32N2O4/c1-22(2,3)21-15(13-24(4)5)20(25)19-17(28-21)12-16(27-11-7-10-26-6)18(23-19)14-8-9-14/h12-14,21H,7-11H2,1-6H3/t21-/m0/s1. The van der Waals surface area contributed by atoms with E-state index in [-0.39, 0.29) is 17.3 Å². The molecule has 0 bridgehead atoms. The number of fused-ring (bicyclic) bond motifs is 1. The first-order chi connectivity index (χ1) is 13.2. The Labute approximate surface area is 167 Å². The van der Waals surface area contributed by atoms with E-state index in [1.165, 1.54) is 0 Å². The molecule has 1 aliphatic carbocycles. The lowest BCUT2D eigenvalue weighted by atomic mass is 9.81. The van der Waals surface area contributed by atoms with Gasteiger partial charge in [0.25, 0.3) is 0 Å². The third-order valence-corrected chi connectivity index (χ3v) is 4.88. The maximum Gasteiger partial charge on any atom is 0.216 e. The summed E-state index contributed by atoms with van der Waals surface area (Å²) in [5.74, 6) is 1.57. The summed E-state index contributed by atoms with van der Waals surface area (Å²) < 4.78 is 17.4. The third-order valence-electron chi connectivity index (χ3n) is 4.88. The van der Waals surface area contributed by atoms with Crippen LogP contribution in [0.5, 0.6) is 11.5 Å². The molecule has 0 spiro atoms. The molecule has 2 aliphatic rings. The Hall–Kier alpha value is -2.08. The minimum atomic E-state index is -0.343. The van der Waals surface area contributed by atoms with Gasteiger partial charge >= 0.3 is 0 Å². The Morgan fingerprint density at radius 1 is 1.29 bits per heavy atom. The molecular weight excluding hydrogens is 356 g/mol. The zero-order chi connectivity index (χ0) is 20.5. The second kappa shape index (κ2) is 8.11. The highest BCUT2D eigenvalue weighted by atomic mass is 16.5. The van der Waals surface area contributed by atoms with Gasteiger partial charge in [-0.3, -0.25) is 4.79 Å². The smallest absolute Gasteiger partial charge is 0.216 e. The molecule has 1 aliphatic heterocycles. The molecule has 1 aromatic rings. The molecule has 154 valence electrons. The SMILES string of the molecule is COCCCOc1cc2c(nc1C1CC1)C(=O)C(=CN(C)C)[C@@H](C(C)(C)C)O2. The van der Waals surface area contributed by atoms with Crippen LogP contribution in [0.2, 0.25) is 0 Å². The highest BCUT2D eigenvalue weighted by molar-refractivity contribution is 6.11. The maximum atomic E-state index is 13.3. The van der Waals surface area contributed by atoms with Gasteiger partial charge in [0.15, 0.2) is 11.4 Å². The van der Waals surface area contributed by atoms with E-state index in [0.717, 1.165) is 30.7 Å². The molecule has 0 saturated heterocycles. The Bertz CT molecular complexity index is 761. The Balaban J connectivity index is 1.99. The number of Topliss-reactive ketones (excluding diaryl/α,β-unsaturated/α-hetero) is 1. The van der Waals surface area contributed by atoms with Crippen LogP contribution in [-0.4, -0.2) is 56.2 Å². The zero-order valence-corrected chi connectivity index (χ0v) is 17.9. The molecule has 6 nitrogen and oxygen atoms in total. The van der Waals surface area contributed by atoms with Crippen LogP contribution in [-0.2, 0) is 4.74 Å². The van der Waals surface area contributed by atoms with Crippen molar-refractivity contribution < 1.29 is 19.0 Å². The fourth-order valence-electron chi connectivity index (χ4n) is 3.39. The number of nitrogens with zero attached hydrogens (tertiary/aromatic N) is 2. The second-order valence-electron chi connectivity index (χ2n) is 8.93. The number of hydrogen-bond donors (Lipinski definition) is 0. The second-order valence-corrected chi connectivity index (χ2v) is 8.93. The molecule has 6 heteroatoms. The predicted molar refractivity (Wildman–Crippen MR) is 108 cm³/mol. The van der Waals surface area contributed by atoms with E-state index in [2.05, 4.69) is 20.8 Å². The summed E-state index contributed by atoms with van der Waals surface area (Å²) in [4.78, 5) is 19.9. The van der Waals surface area contributed by atoms with Crippen molar-refractivity contribution in [2.45, 2.75) is 52.1 Å². The van der Waals surface area contributed by atoms with Crippen LogP contribution in [0.1, 0.15) is 62.1 Å². The molecule has 2 heterocycles. The monoisotopic (exact) mass is 388 g/mol. The normalized spacial score (nSPS) is 20.7. The average molecular weight is 389 g/mol. The number of carbonyl (C=O) groups excluding carboxylic acids is 1. The Morgan fingerprint density at radius 3 is 2.57 bits per heavy atom. The summed E-state index contributed by atoms with van der Waals surface area (Å²) in [6, 6.07) is 1.87. The molecule has 1 saturated carbocycles. The van der Waals surface area contributed by atoms with Gasteiger partial charge in [0.1, 0.15) is 11.9 Å². The van der Waals surface area contributed by atoms with Gasteiger partial charge in [-0.1, -0.05) is 20.8 Å². The van der Waals surface area contributed by atoms with Crippen molar-refractivity contribution in [2.75, 3.05) is 34.4 Å². The van der Waals surface area contributed by atoms with Crippen molar-refractivity contribution in [3.8, 4) is 11.5 Å². The van der Waals surface area contributed by atoms with Crippen molar-refractivity contribution in [1.82, 2.24) is 9.88 Å². The number of ketones is 1. The summed E-state index contributed by atoms with van der Waals surface area (Å²) >= 11 is 0. The van der Waals surface area contributed by atoms with Gasteiger partial charge in [0.05, 0.1) is 17.9 Å². The summed E-state index contributed by atoms with van der Waals surface area (Å²) in [6.07, 6.45) is 4.48. The molecule has 28 heavy (non-hydrogen) atoms. The van der Waals surface area contributed by atoms with Crippen LogP contribution in [0.4, 0.5) is 0 Å². The van der Waals surface area contributed by atoms with Crippen LogP contribution < -0.4 is 9.47 Å². The van der Waals surface area contributed by atoms with Gasteiger partial charge in [0, 0.05) is 57.8 Å². The fourth-order valence-corrected chi connectivity index (χ4v) is 3.39. The van der Waals surface area contributed by atoms with E-state index in [0.29, 0.717) is 36.1 Å². The number of methoxy groups -OCH3 is 1. The average Bonchev–Trinajstić information content (AvgIpc) is 3.44. The van der Waals surface area contributed by atoms with E-state index in [4.69, 9.17) is 19.2 Å². The molecule has 0 N–H and O–H groups in total. The lowest BCUT2D eigenvalue weighted by Gasteiger charge is -2.36. The van der Waals surface area contributed by atoms with Crippen molar-refractivity contribution >= 4 is 5.78 Å². The van der Waals surface area contributed by atoms with Gasteiger partial charge in [0.2, 0.25) is 5.78 Å². The number of ether oxygens (including phenoxy) is 3. The maximum absolute atomic E-state index is 13.3. The molecule has 3 rings (SSSR count). The van der Waals surface area contributed by atoms with Crippen LogP contribution in [0.3, 0.4) is 0 Å². The molecule has 0 amide bonds. The molecule has 1 fully saturated rings. The van der Waals surface area contributed by atoms with Crippen molar-refractivity contribution in [1.29, 1.82) is 0 Å². The molecule has 1 atom stereocenters. The van der Waals surface area contributed by atoms with Gasteiger partial charge in [-0.15, -0.1) is 0 Å². The Kier molecular flexibility index (Phi) is 5.98. The zero-order valence-electron chi connectivity index (χ0n) is 17.9. The first kappa shape index (κ1) is 20.6. The summed E-state index contributed by atoms with van der Waals surface area (Å²) in [5.41, 5.74) is 1.70. The lowest BCUT2D eigenvalue weighted by molar-refractivity contribution is 0.0775. The van der Waals surface area contributed by atoms with Crippen LogP contribution >= 0.6 is 0 Å². The van der Waals surface area contributed by atoms with Gasteiger partial charge in [-0.05, 0) is 12.8 Å². The van der Waals surface area contributed by atoms with E-state index < -0.39 is 0 Å². The van der Waals surface area contributed by atoms with Crippen molar-refractivity contribution in [3.05, 3.63) is 29.2 Å². The minimum Gasteiger partial charge on any atom is -0.491 e. The first-order valence-corrected chi connectivity index (χ1v) is 9.98. The number of carbonyl (C=O) groups is 1. The predicted octanol–water partition coefficient (Wildman–Crippen LogP) is 3.81. The highest BCUT2D eigenvalue weighted by Gasteiger charge is 2.42. The highest BCUT2D eigenvalue weighted by Crippen LogP contribution is 2.47. The summed E-state index contributed by atoms with van der Waals surface area (Å²) in [5, 5.41) is 0. The summed E-state index contributed by atoms with van der Waals surface area (Å²) in [7, 11) is 5.51. The number of pyridine rings is 1. The van der Waals surface area contributed by atoms with E-state index >= 15 is 0 Å². The molecular formula is C22H32N2O4. The number of hydrogen-bond acceptors (Lipinski definition) is 6. The number of rotatable bonds is 7. The quantitative estimate of drug-likeness (QED) is 0.523. The topological polar surface area (TPSA) is 60.9 Å². The van der Waals surface area contributed by atoms with Crippen LogP contribution in [0, 0.1) is 5.41 Å². The van der Waals surface area contributed by atoms with Crippen molar-refractivity contribution in [3.63, 3.8) is 0 Å². The largest absolute Gasteiger partial charge is 0.491 e. The minimum absolute atomic E-state index is 0.0530. The first-order valence-electron chi connectivity index (χ1n) is 9.98. The summed E-state index contributed by atoms with van der Waals surface area (Å²) in [6.45, 7) is 7.43. The lowest BCUT2D eigenvalue weighted by Crippen LogP contribution is -2.41. The third kappa shape index (κ3) is 4.49. The van der Waals surface area contributed by atoms with Crippen molar-refractivity contribution in [2.24, 2.45) is 5.41 Å². The van der Waals surface area contributed by atoms with Crippen LogP contribution in [0.25, 0.3) is 0 Å². The fraction of sp³-hybridized carbons (Fsp3) is 0.636. The van der Waals surface area contributed by atoms with Crippen LogP contribution in [0.15, 0.2) is 17.8 Å². The molecule has 1 aromatic heterocycles. The van der Waals surface area contributed by atoms with Gasteiger partial charge in [-0.25, -0.2) is 4.98 Å².